The van der Waals surface area contributed by atoms with Crippen LogP contribution in [0.2, 0.25) is 0 Å². The molecule has 0 saturated heterocycles. The molecule has 0 bridgehead atoms. The van der Waals surface area contributed by atoms with E-state index in [9.17, 15) is 13.2 Å². The maximum absolute atomic E-state index is 11.1. The van der Waals surface area contributed by atoms with E-state index >= 15 is 0 Å². The van der Waals surface area contributed by atoms with Crippen LogP contribution in [0.3, 0.4) is 0 Å². The molecule has 0 aromatic carbocycles. The maximum Gasteiger partial charge on any atom is 0.569 e. The fourth-order valence-electron chi connectivity index (χ4n) is 0.134. The fraction of sp³-hybridized carbons (Fsp3) is 0.333. The third-order valence-corrected chi connectivity index (χ3v) is 1.45. The van der Waals surface area contributed by atoms with Crippen molar-refractivity contribution >= 4 is 31.1 Å². The highest BCUT2D eigenvalue weighted by molar-refractivity contribution is 9.23. The van der Waals surface area contributed by atoms with Gasteiger partial charge in [-0.05, 0) is 5.92 Å². The Balaban J connectivity index is 3.69. The molecule has 0 aliphatic rings. The van der Waals surface area contributed by atoms with Crippen molar-refractivity contribution in [1.82, 2.24) is 0 Å². The van der Waals surface area contributed by atoms with Crippen molar-refractivity contribution in [3.8, 4) is 9.97 Å². The smallest absolute Gasteiger partial charge is 0.277 e. The van der Waals surface area contributed by atoms with Gasteiger partial charge in [0.05, 0.1) is 0 Å². The SMILES string of the molecule is FC(F)(F)C#[C][Mg][Br]. The molecule has 8 heavy (non-hydrogen) atoms. The Kier molecular flexibility index (Phi) is 3.86. The second kappa shape index (κ2) is 3.59. The van der Waals surface area contributed by atoms with E-state index in [-0.39, 0.29) is 0 Å². The Morgan fingerprint density at radius 1 is 1.38 bits per heavy atom. The topological polar surface area (TPSA) is 0 Å². The first-order valence-electron chi connectivity index (χ1n) is 1.69. The lowest BCUT2D eigenvalue weighted by atomic mass is 10.7. The summed E-state index contributed by atoms with van der Waals surface area (Å²) in [6.07, 6.45) is -4.30. The van der Waals surface area contributed by atoms with Gasteiger partial charge >= 0.3 is 24.4 Å². The average molecular weight is 197 g/mol. The fourth-order valence-corrected chi connectivity index (χ4v) is 0.821. The van der Waals surface area contributed by atoms with Crippen LogP contribution in [-0.2, 0) is 0 Å². The average Bonchev–Trinajstić information content (AvgIpc) is 1.59. The van der Waals surface area contributed by atoms with E-state index < -0.39 is 24.4 Å². The molecule has 0 spiro atoms. The maximum atomic E-state index is 11.1. The standard InChI is InChI=1S/C3F3.BrH.Mg/c1-2-3(4,5)6;;/h;1H;/q;;+1/p-1. The Labute approximate surface area is 60.4 Å². The van der Waals surface area contributed by atoms with E-state index in [1.807, 2.05) is 4.05 Å². The molecular weight excluding hydrogens is 197 g/mol. The van der Waals surface area contributed by atoms with E-state index in [0.717, 1.165) is 5.92 Å². The van der Waals surface area contributed by atoms with E-state index in [1.165, 1.54) is 0 Å². The van der Waals surface area contributed by atoms with Crippen LogP contribution in [-0.4, -0.2) is 24.4 Å². The lowest BCUT2D eigenvalue weighted by Gasteiger charge is -1.90. The summed E-state index contributed by atoms with van der Waals surface area (Å²) in [4.78, 5) is 0. The molecule has 0 heterocycles. The monoisotopic (exact) mass is 196 g/mol. The summed E-state index contributed by atoms with van der Waals surface area (Å²) in [6, 6.07) is 0. The quantitative estimate of drug-likeness (QED) is 0.408. The molecule has 0 aliphatic carbocycles. The summed E-state index contributed by atoms with van der Waals surface area (Å²) < 4.78 is 35.2. The van der Waals surface area contributed by atoms with Crippen LogP contribution in [0.4, 0.5) is 13.2 Å². The number of halogens is 4. The van der Waals surface area contributed by atoms with E-state index in [0.29, 0.717) is 0 Å². The van der Waals surface area contributed by atoms with Crippen molar-refractivity contribution in [2.75, 3.05) is 0 Å². The second-order valence-electron chi connectivity index (χ2n) is 0.933. The molecule has 0 aromatic heterocycles. The summed E-state index contributed by atoms with van der Waals surface area (Å²) in [7, 11) is 0. The zero-order chi connectivity index (χ0) is 6.62. The van der Waals surface area contributed by atoms with Crippen molar-refractivity contribution < 1.29 is 13.2 Å². The van der Waals surface area contributed by atoms with Gasteiger partial charge in [0.15, 0.2) is 0 Å². The predicted octanol–water partition coefficient (Wildman–Crippen LogP) is 1.52. The van der Waals surface area contributed by atoms with Crippen LogP contribution in [0.5, 0.6) is 0 Å². The van der Waals surface area contributed by atoms with E-state index in [1.54, 1.807) is 0 Å². The number of alkyl halides is 3. The van der Waals surface area contributed by atoms with Crippen LogP contribution in [0.25, 0.3) is 0 Å². The largest absolute Gasteiger partial charge is 0.569 e. The highest BCUT2D eigenvalue weighted by atomic mass is 79.9. The first-order chi connectivity index (χ1) is 3.56. The van der Waals surface area contributed by atoms with Crippen LogP contribution >= 0.6 is 12.9 Å². The predicted molar refractivity (Wildman–Crippen MR) is 28.5 cm³/mol. The molecule has 0 fully saturated rings. The van der Waals surface area contributed by atoms with Gasteiger partial charge in [-0.1, -0.05) is 0 Å². The Hall–Kier alpha value is 0.596. The molecule has 0 radical (unpaired) electrons. The number of rotatable bonds is 0. The lowest BCUT2D eigenvalue weighted by Crippen LogP contribution is -2.01. The second-order valence-corrected chi connectivity index (χ2v) is 3.24. The summed E-state index contributed by atoms with van der Waals surface area (Å²) in [5.74, 6) is 1.14. The minimum Gasteiger partial charge on any atom is -0.277 e. The summed E-state index contributed by atoms with van der Waals surface area (Å²) >= 11 is 1.93. The van der Waals surface area contributed by atoms with Gasteiger partial charge in [-0.2, -0.15) is 13.2 Å². The molecule has 0 amide bonds. The first-order valence-corrected chi connectivity index (χ1v) is 6.29. The third-order valence-electron chi connectivity index (χ3n) is 0.297. The number of hydrogen-bond acceptors (Lipinski definition) is 0. The van der Waals surface area contributed by atoms with Gasteiger partial charge in [0.2, 0.25) is 0 Å². The van der Waals surface area contributed by atoms with Gasteiger partial charge in [0.25, 0.3) is 0 Å². The van der Waals surface area contributed by atoms with Gasteiger partial charge in [-0.25, -0.2) is 4.05 Å². The van der Waals surface area contributed by atoms with Crippen molar-refractivity contribution in [2.45, 2.75) is 6.18 Å². The van der Waals surface area contributed by atoms with Crippen LogP contribution in [0.1, 0.15) is 0 Å². The van der Waals surface area contributed by atoms with Gasteiger partial charge in [0, 0.05) is 0 Å². The van der Waals surface area contributed by atoms with Crippen molar-refractivity contribution in [2.24, 2.45) is 0 Å². The molecule has 42 valence electrons. The van der Waals surface area contributed by atoms with E-state index in [4.69, 9.17) is 0 Å². The summed E-state index contributed by atoms with van der Waals surface area (Å²) in [5.41, 5.74) is 0. The Morgan fingerprint density at radius 3 is 2.00 bits per heavy atom. The minimum absolute atomic E-state index is 0.934. The van der Waals surface area contributed by atoms with Gasteiger partial charge in [0.1, 0.15) is 0 Å². The molecule has 0 rings (SSSR count). The summed E-state index contributed by atoms with van der Waals surface area (Å²) in [5, 5.41) is 0. The summed E-state index contributed by atoms with van der Waals surface area (Å²) in [6.45, 7) is 0. The molecule has 5 heteroatoms. The van der Waals surface area contributed by atoms with Crippen molar-refractivity contribution in [3.05, 3.63) is 0 Å². The molecule has 0 unspecified atom stereocenters. The van der Waals surface area contributed by atoms with Crippen LogP contribution < -0.4 is 0 Å². The minimum atomic E-state index is -4.30. The molecule has 0 N–H and O–H groups in total. The third kappa shape index (κ3) is 6.60. The van der Waals surface area contributed by atoms with Gasteiger partial charge in [-0.3, -0.25) is 12.9 Å². The zero-order valence-electron chi connectivity index (χ0n) is 3.72. The normalized spacial score (nSPS) is 9.00. The van der Waals surface area contributed by atoms with Crippen LogP contribution in [0, 0.1) is 9.97 Å². The molecular formula is C3BrF3Mg. The first kappa shape index (κ1) is 8.60. The highest BCUT2D eigenvalue weighted by Crippen LogP contribution is 2.11. The van der Waals surface area contributed by atoms with Crippen molar-refractivity contribution in [1.29, 1.82) is 0 Å². The van der Waals surface area contributed by atoms with Gasteiger partial charge < -0.3 is 0 Å². The Bertz CT molecular complexity index is 119. The van der Waals surface area contributed by atoms with Crippen LogP contribution in [0.15, 0.2) is 0 Å². The zero-order valence-corrected chi connectivity index (χ0v) is 6.72. The molecule has 0 nitrogen and oxygen atoms in total. The molecule has 0 aromatic rings. The van der Waals surface area contributed by atoms with Crippen molar-refractivity contribution in [3.63, 3.8) is 0 Å². The number of hydrogen-bond donors (Lipinski definition) is 0. The lowest BCUT2D eigenvalue weighted by molar-refractivity contribution is -0.0696. The molecule has 0 aliphatic heterocycles. The van der Waals surface area contributed by atoms with Gasteiger partial charge in [-0.15, -0.1) is 0 Å². The highest BCUT2D eigenvalue weighted by Gasteiger charge is 2.21. The molecule has 0 saturated carbocycles. The van der Waals surface area contributed by atoms with E-state index in [2.05, 4.69) is 12.9 Å². The Morgan fingerprint density at radius 2 is 1.88 bits per heavy atom. The molecule has 0 atom stereocenters.